The highest BCUT2D eigenvalue weighted by molar-refractivity contribution is 8.12. The summed E-state index contributed by atoms with van der Waals surface area (Å²) in [5.41, 5.74) is 0.541. The minimum Gasteiger partial charge on any atom is -0.449 e. The predicted octanol–water partition coefficient (Wildman–Crippen LogP) is 2.22. The van der Waals surface area contributed by atoms with E-state index in [9.17, 15) is 9.59 Å². The SMILES string of the molecule is CCOC(=O)NSC(=O)c1ccccc1. The zero-order valence-corrected chi connectivity index (χ0v) is 9.04. The molecule has 15 heavy (non-hydrogen) atoms. The molecule has 0 atom stereocenters. The summed E-state index contributed by atoms with van der Waals surface area (Å²) in [6.45, 7) is 1.98. The van der Waals surface area contributed by atoms with E-state index in [0.29, 0.717) is 17.5 Å². The molecule has 0 heterocycles. The van der Waals surface area contributed by atoms with Crippen LogP contribution in [-0.4, -0.2) is 17.8 Å². The van der Waals surface area contributed by atoms with E-state index in [2.05, 4.69) is 9.46 Å². The van der Waals surface area contributed by atoms with E-state index in [-0.39, 0.29) is 11.7 Å². The average Bonchev–Trinajstić information content (AvgIpc) is 2.27. The van der Waals surface area contributed by atoms with Gasteiger partial charge in [-0.15, -0.1) is 0 Å². The standard InChI is InChI=1S/C10H11NO3S/c1-2-14-10(13)11-15-9(12)8-6-4-3-5-7-8/h3-7H,2H2,1H3,(H,11,13). The summed E-state index contributed by atoms with van der Waals surface area (Å²) in [5, 5.41) is -0.219. The van der Waals surface area contributed by atoms with Crippen molar-refractivity contribution < 1.29 is 14.3 Å². The van der Waals surface area contributed by atoms with Gasteiger partial charge in [0.2, 0.25) is 5.12 Å². The van der Waals surface area contributed by atoms with E-state index >= 15 is 0 Å². The summed E-state index contributed by atoms with van der Waals surface area (Å²) in [5.74, 6) is 0. The smallest absolute Gasteiger partial charge is 0.417 e. The number of rotatable bonds is 2. The first kappa shape index (κ1) is 11.6. The lowest BCUT2D eigenvalue weighted by Crippen LogP contribution is -2.19. The summed E-state index contributed by atoms with van der Waals surface area (Å²) >= 11 is 0.714. The maximum absolute atomic E-state index is 11.4. The second kappa shape index (κ2) is 6.08. The van der Waals surface area contributed by atoms with Crippen LogP contribution in [-0.2, 0) is 4.74 Å². The van der Waals surface area contributed by atoms with Crippen molar-refractivity contribution in [1.82, 2.24) is 4.72 Å². The van der Waals surface area contributed by atoms with Crippen molar-refractivity contribution in [3.63, 3.8) is 0 Å². The molecule has 1 amide bonds. The summed E-state index contributed by atoms with van der Waals surface area (Å²) in [4.78, 5) is 22.3. The summed E-state index contributed by atoms with van der Waals surface area (Å²) in [6, 6.07) is 8.71. The van der Waals surface area contributed by atoms with Gasteiger partial charge in [-0.25, -0.2) is 4.79 Å². The van der Waals surface area contributed by atoms with Gasteiger partial charge in [-0.3, -0.25) is 9.52 Å². The van der Waals surface area contributed by atoms with Crippen molar-refractivity contribution >= 4 is 23.2 Å². The zero-order chi connectivity index (χ0) is 11.1. The number of ether oxygens (including phenoxy) is 1. The minimum absolute atomic E-state index is 0.219. The van der Waals surface area contributed by atoms with Crippen LogP contribution in [0, 0.1) is 0 Å². The number of carbonyl (C=O) groups excluding carboxylic acids is 2. The lowest BCUT2D eigenvalue weighted by Gasteiger charge is -2.02. The van der Waals surface area contributed by atoms with E-state index < -0.39 is 6.09 Å². The third kappa shape index (κ3) is 4.03. The van der Waals surface area contributed by atoms with Gasteiger partial charge in [0.1, 0.15) is 0 Å². The highest BCUT2D eigenvalue weighted by Gasteiger charge is 2.08. The van der Waals surface area contributed by atoms with Gasteiger partial charge in [-0.05, 0) is 6.92 Å². The van der Waals surface area contributed by atoms with Gasteiger partial charge in [-0.2, -0.15) is 0 Å². The van der Waals surface area contributed by atoms with Crippen molar-refractivity contribution in [3.8, 4) is 0 Å². The number of hydrogen-bond acceptors (Lipinski definition) is 4. The quantitative estimate of drug-likeness (QED) is 0.784. The monoisotopic (exact) mass is 225 g/mol. The minimum atomic E-state index is -0.605. The first-order valence-corrected chi connectivity index (χ1v) is 5.24. The van der Waals surface area contributed by atoms with E-state index in [1.54, 1.807) is 31.2 Å². The molecule has 0 saturated carbocycles. The van der Waals surface area contributed by atoms with Gasteiger partial charge in [0.15, 0.2) is 0 Å². The molecule has 0 spiro atoms. The number of amides is 1. The van der Waals surface area contributed by atoms with Crippen LogP contribution in [0.4, 0.5) is 4.79 Å². The molecule has 0 saturated heterocycles. The average molecular weight is 225 g/mol. The molecule has 0 radical (unpaired) electrons. The highest BCUT2D eigenvalue weighted by atomic mass is 32.2. The van der Waals surface area contributed by atoms with E-state index in [1.807, 2.05) is 6.07 Å². The van der Waals surface area contributed by atoms with Gasteiger partial charge in [0.25, 0.3) is 0 Å². The Labute approximate surface area is 92.1 Å². The van der Waals surface area contributed by atoms with Crippen LogP contribution in [0.3, 0.4) is 0 Å². The largest absolute Gasteiger partial charge is 0.449 e. The van der Waals surface area contributed by atoms with Gasteiger partial charge in [0.05, 0.1) is 6.61 Å². The van der Waals surface area contributed by atoms with Gasteiger partial charge < -0.3 is 4.74 Å². The first-order valence-electron chi connectivity index (χ1n) is 4.43. The van der Waals surface area contributed by atoms with Crippen LogP contribution >= 0.6 is 11.9 Å². The Morgan fingerprint density at radius 3 is 2.60 bits per heavy atom. The number of benzene rings is 1. The molecule has 80 valence electrons. The Bertz CT molecular complexity index is 340. The molecule has 4 nitrogen and oxygen atoms in total. The van der Waals surface area contributed by atoms with Gasteiger partial charge >= 0.3 is 6.09 Å². The molecule has 0 aromatic heterocycles. The van der Waals surface area contributed by atoms with Crippen LogP contribution < -0.4 is 4.72 Å². The van der Waals surface area contributed by atoms with Crippen LogP contribution in [0.1, 0.15) is 17.3 Å². The molecular weight excluding hydrogens is 214 g/mol. The summed E-state index contributed by atoms with van der Waals surface area (Å²) in [7, 11) is 0. The second-order valence-corrected chi connectivity index (χ2v) is 3.36. The lowest BCUT2D eigenvalue weighted by molar-refractivity contribution is 0.108. The fourth-order valence-electron chi connectivity index (χ4n) is 0.882. The van der Waals surface area contributed by atoms with Crippen molar-refractivity contribution in [3.05, 3.63) is 35.9 Å². The molecule has 1 N–H and O–H groups in total. The summed E-state index contributed by atoms with van der Waals surface area (Å²) < 4.78 is 6.89. The third-order valence-corrected chi connectivity index (χ3v) is 2.20. The lowest BCUT2D eigenvalue weighted by atomic mass is 10.2. The number of nitrogens with one attached hydrogen (secondary N) is 1. The normalized spacial score (nSPS) is 9.40. The molecule has 0 unspecified atom stereocenters. The van der Waals surface area contributed by atoms with Gasteiger partial charge in [-0.1, -0.05) is 30.3 Å². The van der Waals surface area contributed by atoms with Crippen LogP contribution in [0.5, 0.6) is 0 Å². The maximum atomic E-state index is 11.4. The van der Waals surface area contributed by atoms with Crippen molar-refractivity contribution in [2.24, 2.45) is 0 Å². The van der Waals surface area contributed by atoms with Crippen molar-refractivity contribution in [2.45, 2.75) is 6.92 Å². The molecular formula is C10H11NO3S. The second-order valence-electron chi connectivity index (χ2n) is 2.58. The van der Waals surface area contributed by atoms with Crippen molar-refractivity contribution in [2.75, 3.05) is 6.61 Å². The molecule has 0 aliphatic carbocycles. The van der Waals surface area contributed by atoms with E-state index in [0.717, 1.165) is 0 Å². The Hall–Kier alpha value is -1.49. The van der Waals surface area contributed by atoms with Gasteiger partial charge in [0, 0.05) is 17.5 Å². The highest BCUT2D eigenvalue weighted by Crippen LogP contribution is 2.08. The van der Waals surface area contributed by atoms with Crippen molar-refractivity contribution in [1.29, 1.82) is 0 Å². The Kier molecular flexibility index (Phi) is 4.70. The zero-order valence-electron chi connectivity index (χ0n) is 8.23. The van der Waals surface area contributed by atoms with Crippen LogP contribution in [0.25, 0.3) is 0 Å². The number of hydrogen-bond donors (Lipinski definition) is 1. The third-order valence-electron chi connectivity index (χ3n) is 1.51. The molecule has 1 aromatic carbocycles. The van der Waals surface area contributed by atoms with Crippen LogP contribution in [0.15, 0.2) is 30.3 Å². The summed E-state index contributed by atoms with van der Waals surface area (Å²) in [6.07, 6.45) is -0.605. The molecule has 1 aromatic rings. The van der Waals surface area contributed by atoms with E-state index in [1.165, 1.54) is 0 Å². The molecule has 0 aliphatic heterocycles. The molecule has 0 aliphatic rings. The first-order chi connectivity index (χ1) is 7.24. The van der Waals surface area contributed by atoms with E-state index in [4.69, 9.17) is 0 Å². The number of carbonyl (C=O) groups is 2. The Balaban J connectivity index is 2.40. The fraction of sp³-hybridized carbons (Fsp3) is 0.200. The Morgan fingerprint density at radius 1 is 1.33 bits per heavy atom. The molecule has 0 bridgehead atoms. The topological polar surface area (TPSA) is 55.4 Å². The maximum Gasteiger partial charge on any atom is 0.417 e. The molecule has 5 heteroatoms. The molecule has 1 rings (SSSR count). The molecule has 0 fully saturated rings. The van der Waals surface area contributed by atoms with Crippen LogP contribution in [0.2, 0.25) is 0 Å². The predicted molar refractivity (Wildman–Crippen MR) is 58.5 cm³/mol. The fourth-order valence-corrected chi connectivity index (χ4v) is 1.37. The Morgan fingerprint density at radius 2 is 2.00 bits per heavy atom.